The molecule has 0 aliphatic carbocycles. The Morgan fingerprint density at radius 3 is 2.79 bits per heavy atom. The van der Waals surface area contributed by atoms with E-state index in [2.05, 4.69) is 4.74 Å². The first-order chi connectivity index (χ1) is 6.61. The van der Waals surface area contributed by atoms with Crippen LogP contribution in [0, 0.1) is 0 Å². The molecule has 0 radical (unpaired) electrons. The maximum absolute atomic E-state index is 11.2. The van der Waals surface area contributed by atoms with E-state index < -0.39 is 18.0 Å². The van der Waals surface area contributed by atoms with Crippen LogP contribution in [0.15, 0.2) is 12.0 Å². The van der Waals surface area contributed by atoms with Gasteiger partial charge in [0, 0.05) is 0 Å². The van der Waals surface area contributed by atoms with Crippen molar-refractivity contribution < 1.29 is 23.8 Å². The molecule has 0 aromatic rings. The van der Waals surface area contributed by atoms with Crippen LogP contribution in [0.25, 0.3) is 0 Å². The third-order valence-electron chi connectivity index (χ3n) is 1.53. The van der Waals surface area contributed by atoms with Crippen molar-refractivity contribution in [1.82, 2.24) is 0 Å². The number of carbonyl (C=O) groups excluding carboxylic acids is 2. The molecule has 0 aromatic heterocycles. The number of nitrogens with two attached hydrogens (primary N) is 1. The summed E-state index contributed by atoms with van der Waals surface area (Å²) in [7, 11) is 0. The fourth-order valence-electron chi connectivity index (χ4n) is 0.752. The van der Waals surface area contributed by atoms with Gasteiger partial charge in [0.2, 0.25) is 5.76 Å². The van der Waals surface area contributed by atoms with Crippen LogP contribution in [0.3, 0.4) is 0 Å². The average molecular weight is 201 g/mol. The van der Waals surface area contributed by atoms with Crippen molar-refractivity contribution in [2.24, 2.45) is 5.73 Å². The Kier molecular flexibility index (Phi) is 3.33. The number of amides is 1. The first kappa shape index (κ1) is 10.4. The van der Waals surface area contributed by atoms with E-state index in [4.69, 9.17) is 15.2 Å². The first-order valence-corrected chi connectivity index (χ1v) is 4.06. The zero-order chi connectivity index (χ0) is 10.6. The lowest BCUT2D eigenvalue weighted by Gasteiger charge is -2.15. The van der Waals surface area contributed by atoms with Gasteiger partial charge in [0.25, 0.3) is 5.91 Å². The molecule has 0 spiro atoms. The summed E-state index contributed by atoms with van der Waals surface area (Å²) in [6.07, 6.45) is 0.174. The summed E-state index contributed by atoms with van der Waals surface area (Å²) in [4.78, 5) is 21.8. The van der Waals surface area contributed by atoms with Crippen molar-refractivity contribution in [3.8, 4) is 0 Å². The number of rotatable bonds is 3. The Labute approximate surface area is 80.6 Å². The third kappa shape index (κ3) is 2.65. The van der Waals surface area contributed by atoms with Crippen molar-refractivity contribution in [1.29, 1.82) is 0 Å². The van der Waals surface area contributed by atoms with Crippen molar-refractivity contribution in [3.05, 3.63) is 12.0 Å². The molecule has 6 heteroatoms. The van der Waals surface area contributed by atoms with Gasteiger partial charge in [-0.25, -0.2) is 4.79 Å². The summed E-state index contributed by atoms with van der Waals surface area (Å²) < 4.78 is 14.4. The highest BCUT2D eigenvalue weighted by atomic mass is 16.6. The average Bonchev–Trinajstić information content (AvgIpc) is 2.19. The minimum Gasteiger partial charge on any atom is -0.493 e. The van der Waals surface area contributed by atoms with Crippen LogP contribution in [0.2, 0.25) is 0 Å². The van der Waals surface area contributed by atoms with Crippen molar-refractivity contribution in [3.63, 3.8) is 0 Å². The Balaban J connectivity index is 2.49. The van der Waals surface area contributed by atoms with E-state index in [1.54, 1.807) is 0 Å². The second-order valence-corrected chi connectivity index (χ2v) is 2.65. The number of esters is 1. The van der Waals surface area contributed by atoms with Gasteiger partial charge in [-0.2, -0.15) is 0 Å². The molecule has 1 aliphatic rings. The Morgan fingerprint density at radius 2 is 2.29 bits per heavy atom. The maximum atomic E-state index is 11.2. The smallest absolute Gasteiger partial charge is 0.377 e. The molecule has 78 valence electrons. The van der Waals surface area contributed by atoms with Gasteiger partial charge in [-0.15, -0.1) is 0 Å². The van der Waals surface area contributed by atoms with Crippen LogP contribution in [-0.2, 0) is 23.8 Å². The predicted molar refractivity (Wildman–Crippen MR) is 44.7 cm³/mol. The lowest BCUT2D eigenvalue weighted by molar-refractivity contribution is -0.154. The Bertz CT molecular complexity index is 273. The van der Waals surface area contributed by atoms with Crippen LogP contribution >= 0.6 is 0 Å². The van der Waals surface area contributed by atoms with E-state index in [-0.39, 0.29) is 12.4 Å². The number of carbonyl (C=O) groups is 2. The lowest BCUT2D eigenvalue weighted by atomic mass is 10.4. The topological polar surface area (TPSA) is 87.8 Å². The molecule has 0 aromatic carbocycles. The van der Waals surface area contributed by atoms with Crippen molar-refractivity contribution in [2.45, 2.75) is 13.0 Å². The summed E-state index contributed by atoms with van der Waals surface area (Å²) in [6, 6.07) is 0. The van der Waals surface area contributed by atoms with E-state index >= 15 is 0 Å². The maximum Gasteiger partial charge on any atom is 0.377 e. The molecule has 0 unspecified atom stereocenters. The third-order valence-corrected chi connectivity index (χ3v) is 1.53. The minimum atomic E-state index is -0.978. The second kappa shape index (κ2) is 4.50. The van der Waals surface area contributed by atoms with Gasteiger partial charge in [-0.3, -0.25) is 4.79 Å². The molecule has 1 aliphatic heterocycles. The number of primary amides is 1. The summed E-state index contributed by atoms with van der Waals surface area (Å²) in [5.41, 5.74) is 4.91. The molecule has 1 amide bonds. The van der Waals surface area contributed by atoms with Gasteiger partial charge in [0.15, 0.2) is 6.10 Å². The molecule has 0 saturated carbocycles. The summed E-state index contributed by atoms with van der Waals surface area (Å²) in [6.45, 7) is 2.05. The lowest BCUT2D eigenvalue weighted by Crippen LogP contribution is -2.31. The van der Waals surface area contributed by atoms with E-state index in [1.165, 1.54) is 6.92 Å². The van der Waals surface area contributed by atoms with Gasteiger partial charge in [0.05, 0.1) is 0 Å². The number of hydrogen-bond donors (Lipinski definition) is 1. The van der Waals surface area contributed by atoms with Crippen LogP contribution < -0.4 is 5.73 Å². The van der Waals surface area contributed by atoms with Crippen LogP contribution in [0.5, 0.6) is 0 Å². The van der Waals surface area contributed by atoms with Gasteiger partial charge in [0.1, 0.15) is 19.5 Å². The largest absolute Gasteiger partial charge is 0.493 e. The van der Waals surface area contributed by atoms with Crippen molar-refractivity contribution >= 4 is 11.9 Å². The van der Waals surface area contributed by atoms with Gasteiger partial charge >= 0.3 is 5.97 Å². The molecule has 6 nitrogen and oxygen atoms in total. The van der Waals surface area contributed by atoms with Crippen LogP contribution in [-0.4, -0.2) is 31.2 Å². The van der Waals surface area contributed by atoms with Crippen molar-refractivity contribution in [2.75, 3.05) is 13.2 Å². The van der Waals surface area contributed by atoms with Gasteiger partial charge in [-0.1, -0.05) is 0 Å². The Morgan fingerprint density at radius 1 is 1.57 bits per heavy atom. The first-order valence-electron chi connectivity index (χ1n) is 4.06. The number of ether oxygens (including phenoxy) is 3. The summed E-state index contributed by atoms with van der Waals surface area (Å²) >= 11 is 0. The zero-order valence-electron chi connectivity index (χ0n) is 7.69. The quantitative estimate of drug-likeness (QED) is 0.609. The zero-order valence-corrected chi connectivity index (χ0v) is 7.69. The molecular formula is C8H11NO5. The SMILES string of the molecule is C[C@@H](OC(=O)C1=COCCO1)C(N)=O. The molecule has 1 heterocycles. The molecule has 0 bridgehead atoms. The number of hydrogen-bond acceptors (Lipinski definition) is 5. The molecule has 14 heavy (non-hydrogen) atoms. The fourth-order valence-corrected chi connectivity index (χ4v) is 0.752. The Hall–Kier alpha value is -1.72. The summed E-state index contributed by atoms with van der Waals surface area (Å²) in [5, 5.41) is 0. The highest BCUT2D eigenvalue weighted by molar-refractivity contribution is 5.89. The van der Waals surface area contributed by atoms with Crippen LogP contribution in [0.4, 0.5) is 0 Å². The minimum absolute atomic E-state index is 0.0515. The van der Waals surface area contributed by atoms with E-state index in [0.29, 0.717) is 6.61 Å². The molecule has 0 fully saturated rings. The highest BCUT2D eigenvalue weighted by Crippen LogP contribution is 2.07. The molecule has 2 N–H and O–H groups in total. The normalized spacial score (nSPS) is 17.1. The van der Waals surface area contributed by atoms with E-state index in [0.717, 1.165) is 6.26 Å². The monoisotopic (exact) mass is 201 g/mol. The van der Waals surface area contributed by atoms with E-state index in [9.17, 15) is 9.59 Å². The molecular weight excluding hydrogens is 190 g/mol. The standard InChI is InChI=1S/C8H11NO5/c1-5(7(9)10)14-8(11)6-4-12-2-3-13-6/h4-5H,2-3H2,1H3,(H2,9,10)/t5-/m1/s1. The molecule has 1 rings (SSSR count). The van der Waals surface area contributed by atoms with Gasteiger partial charge in [-0.05, 0) is 6.92 Å². The molecule has 1 atom stereocenters. The summed E-state index contributed by atoms with van der Waals surface area (Å²) in [5.74, 6) is -1.52. The fraction of sp³-hybridized carbons (Fsp3) is 0.500. The second-order valence-electron chi connectivity index (χ2n) is 2.65. The van der Waals surface area contributed by atoms with Crippen LogP contribution in [0.1, 0.15) is 6.92 Å². The van der Waals surface area contributed by atoms with E-state index in [1.807, 2.05) is 0 Å². The highest BCUT2D eigenvalue weighted by Gasteiger charge is 2.21. The molecule has 0 saturated heterocycles. The predicted octanol–water partition coefficient (Wildman–Crippen LogP) is -0.708. The van der Waals surface area contributed by atoms with Gasteiger partial charge < -0.3 is 19.9 Å².